The molecular formula is C25H39NO3. The Hall–Kier alpha value is -1.16. The molecule has 0 heterocycles. The molecule has 0 radical (unpaired) electrons. The Balaban J connectivity index is 1.55. The molecule has 162 valence electrons. The number of carbonyl (C=O) groups excluding carboxylic acids is 2. The fourth-order valence-electron chi connectivity index (χ4n) is 7.73. The second-order valence-corrected chi connectivity index (χ2v) is 11.3. The third kappa shape index (κ3) is 3.40. The summed E-state index contributed by atoms with van der Waals surface area (Å²) < 4.78 is 0. The van der Waals surface area contributed by atoms with Crippen molar-refractivity contribution in [1.29, 1.82) is 0 Å². The van der Waals surface area contributed by atoms with Crippen LogP contribution in [0, 0.1) is 40.4 Å². The molecule has 2 N–H and O–H groups in total. The zero-order valence-corrected chi connectivity index (χ0v) is 18.7. The van der Waals surface area contributed by atoms with Gasteiger partial charge in [-0.3, -0.25) is 9.59 Å². The lowest BCUT2D eigenvalue weighted by Crippen LogP contribution is -2.57. The third-order valence-electron chi connectivity index (χ3n) is 9.23. The number of amides is 1. The lowest BCUT2D eigenvalue weighted by molar-refractivity contribution is -0.146. The van der Waals surface area contributed by atoms with E-state index in [2.05, 4.69) is 33.0 Å². The highest BCUT2D eigenvalue weighted by Crippen LogP contribution is 2.66. The topological polar surface area (TPSA) is 66.4 Å². The quantitative estimate of drug-likeness (QED) is 0.739. The molecular weight excluding hydrogens is 362 g/mol. The molecule has 0 aromatic carbocycles. The van der Waals surface area contributed by atoms with E-state index >= 15 is 0 Å². The van der Waals surface area contributed by atoms with Crippen molar-refractivity contribution in [2.24, 2.45) is 40.4 Å². The van der Waals surface area contributed by atoms with Gasteiger partial charge in [-0.05, 0) is 85.5 Å². The molecule has 3 unspecified atom stereocenters. The van der Waals surface area contributed by atoms with Crippen LogP contribution in [0.3, 0.4) is 0 Å². The maximum absolute atomic E-state index is 13.0. The van der Waals surface area contributed by atoms with Crippen molar-refractivity contribution in [1.82, 2.24) is 5.32 Å². The van der Waals surface area contributed by atoms with E-state index in [-0.39, 0.29) is 40.5 Å². The molecule has 4 rings (SSSR count). The number of allylic oxidation sites excluding steroid dienone is 1. The van der Waals surface area contributed by atoms with Gasteiger partial charge < -0.3 is 10.4 Å². The van der Waals surface area contributed by atoms with E-state index in [0.717, 1.165) is 51.5 Å². The Bertz CT molecular complexity index is 713. The van der Waals surface area contributed by atoms with Crippen molar-refractivity contribution in [3.63, 3.8) is 0 Å². The van der Waals surface area contributed by atoms with Crippen LogP contribution in [-0.2, 0) is 9.59 Å². The Morgan fingerprint density at radius 1 is 1.24 bits per heavy atom. The zero-order valence-electron chi connectivity index (χ0n) is 18.7. The van der Waals surface area contributed by atoms with Crippen LogP contribution in [0.15, 0.2) is 11.6 Å². The van der Waals surface area contributed by atoms with Crippen molar-refractivity contribution in [2.75, 3.05) is 6.54 Å². The van der Waals surface area contributed by atoms with E-state index in [1.165, 1.54) is 5.57 Å². The summed E-state index contributed by atoms with van der Waals surface area (Å²) in [6, 6.07) is 0. The van der Waals surface area contributed by atoms with Gasteiger partial charge in [0.2, 0.25) is 5.91 Å². The second-order valence-electron chi connectivity index (χ2n) is 11.3. The number of hydrogen-bond acceptors (Lipinski definition) is 3. The van der Waals surface area contributed by atoms with Gasteiger partial charge in [0.05, 0.1) is 6.10 Å². The molecule has 29 heavy (non-hydrogen) atoms. The number of hydrogen-bond donors (Lipinski definition) is 2. The number of aliphatic hydroxyl groups excluding tert-OH is 1. The zero-order chi connectivity index (χ0) is 21.0. The molecule has 0 spiro atoms. The number of aliphatic hydroxyl groups is 1. The minimum atomic E-state index is -0.382. The molecule has 0 aromatic rings. The summed E-state index contributed by atoms with van der Waals surface area (Å²) in [5.74, 6) is 2.27. The first-order valence-corrected chi connectivity index (χ1v) is 11.9. The Labute approximate surface area is 175 Å². The first-order chi connectivity index (χ1) is 13.7. The van der Waals surface area contributed by atoms with Gasteiger partial charge in [-0.25, -0.2) is 0 Å². The van der Waals surface area contributed by atoms with Crippen molar-refractivity contribution < 1.29 is 14.7 Å². The first-order valence-electron chi connectivity index (χ1n) is 11.9. The number of carbonyl (C=O) groups is 2. The summed E-state index contributed by atoms with van der Waals surface area (Å²) in [5.41, 5.74) is 1.12. The van der Waals surface area contributed by atoms with Gasteiger partial charge >= 0.3 is 0 Å². The average molecular weight is 402 g/mol. The molecule has 4 aliphatic carbocycles. The van der Waals surface area contributed by atoms with Gasteiger partial charge in [0.15, 0.2) is 5.78 Å². The van der Waals surface area contributed by atoms with Crippen LogP contribution in [0.1, 0.15) is 79.1 Å². The number of rotatable bonds is 4. The van der Waals surface area contributed by atoms with Crippen LogP contribution < -0.4 is 5.32 Å². The number of nitrogens with one attached hydrogen (secondary N) is 1. The third-order valence-corrected chi connectivity index (χ3v) is 9.23. The summed E-state index contributed by atoms with van der Waals surface area (Å²) in [5, 5.41) is 14.6. The minimum Gasteiger partial charge on any atom is -0.393 e. The maximum atomic E-state index is 13.0. The van der Waals surface area contributed by atoms with E-state index in [4.69, 9.17) is 0 Å². The second kappa shape index (κ2) is 7.51. The fourth-order valence-corrected chi connectivity index (χ4v) is 7.73. The molecule has 4 aliphatic rings. The highest BCUT2D eigenvalue weighted by atomic mass is 16.3. The summed E-state index contributed by atoms with van der Waals surface area (Å²) in [7, 11) is 0. The normalized spacial score (nSPS) is 44.0. The highest BCUT2D eigenvalue weighted by molar-refractivity contribution is 5.91. The van der Waals surface area contributed by atoms with Gasteiger partial charge in [-0.15, -0.1) is 0 Å². The lowest BCUT2D eigenvalue weighted by atomic mass is 9.46. The average Bonchev–Trinajstić information content (AvgIpc) is 2.98. The van der Waals surface area contributed by atoms with E-state index < -0.39 is 0 Å². The van der Waals surface area contributed by atoms with E-state index in [1.54, 1.807) is 0 Å². The highest BCUT2D eigenvalue weighted by Gasteiger charge is 2.62. The molecule has 0 bridgehead atoms. The van der Waals surface area contributed by atoms with Crippen molar-refractivity contribution in [3.05, 3.63) is 11.6 Å². The molecule has 1 amide bonds. The van der Waals surface area contributed by atoms with Gasteiger partial charge in [0.1, 0.15) is 0 Å². The molecule has 4 heteroatoms. The van der Waals surface area contributed by atoms with Crippen LogP contribution in [-0.4, -0.2) is 29.4 Å². The van der Waals surface area contributed by atoms with E-state index in [9.17, 15) is 14.7 Å². The van der Waals surface area contributed by atoms with Crippen LogP contribution in [0.5, 0.6) is 0 Å². The van der Waals surface area contributed by atoms with E-state index in [0.29, 0.717) is 24.2 Å². The molecule has 3 saturated carbocycles. The largest absolute Gasteiger partial charge is 0.393 e. The molecule has 0 aromatic heterocycles. The van der Waals surface area contributed by atoms with Crippen LogP contribution in [0.25, 0.3) is 0 Å². The predicted octanol–water partition coefficient (Wildman–Crippen LogP) is 4.27. The smallest absolute Gasteiger partial charge is 0.223 e. The fraction of sp³-hybridized carbons (Fsp3) is 0.840. The van der Waals surface area contributed by atoms with Crippen LogP contribution in [0.4, 0.5) is 0 Å². The van der Waals surface area contributed by atoms with Gasteiger partial charge in [0.25, 0.3) is 0 Å². The van der Waals surface area contributed by atoms with Gasteiger partial charge in [-0.1, -0.05) is 33.3 Å². The molecule has 7 atom stereocenters. The Kier molecular flexibility index (Phi) is 5.46. The standard InChI is InChI=1S/C25H39NO3/c1-15(2)10-12-26-23(29)20-8-7-19-18-6-5-16-13-17(27)9-11-24(16,3)22(18)21(28)14-25(19,20)4/h13,15,18-22,28H,5-12,14H2,1-4H3,(H,26,29)/t18?,19?,20-,21+,22?,24+,25+/m1/s1. The lowest BCUT2D eigenvalue weighted by Gasteiger charge is -2.59. The summed E-state index contributed by atoms with van der Waals surface area (Å²) in [6.45, 7) is 9.68. The minimum absolute atomic E-state index is 0.0212. The SMILES string of the molecule is CC(C)CCNC(=O)[C@H]1CCC2C3CCC4=CC(=O)CC[C@]4(C)C3[C@@H](O)C[C@@]21C. The molecule has 4 nitrogen and oxygen atoms in total. The first kappa shape index (κ1) is 21.1. The van der Waals surface area contributed by atoms with Crippen LogP contribution >= 0.6 is 0 Å². The maximum Gasteiger partial charge on any atom is 0.223 e. The molecule has 0 saturated heterocycles. The van der Waals surface area contributed by atoms with E-state index in [1.807, 2.05) is 6.08 Å². The summed E-state index contributed by atoms with van der Waals surface area (Å²) in [4.78, 5) is 25.0. The van der Waals surface area contributed by atoms with Gasteiger partial charge in [0, 0.05) is 18.9 Å². The van der Waals surface area contributed by atoms with Crippen molar-refractivity contribution in [2.45, 2.75) is 85.2 Å². The molecule has 3 fully saturated rings. The summed E-state index contributed by atoms with van der Waals surface area (Å²) in [6.07, 6.45) is 8.80. The number of ketones is 1. The Morgan fingerprint density at radius 3 is 2.72 bits per heavy atom. The van der Waals surface area contributed by atoms with Crippen molar-refractivity contribution >= 4 is 11.7 Å². The molecule has 0 aliphatic heterocycles. The summed E-state index contributed by atoms with van der Waals surface area (Å²) >= 11 is 0. The van der Waals surface area contributed by atoms with Gasteiger partial charge in [-0.2, -0.15) is 0 Å². The predicted molar refractivity (Wildman–Crippen MR) is 114 cm³/mol. The van der Waals surface area contributed by atoms with Crippen molar-refractivity contribution in [3.8, 4) is 0 Å². The number of fused-ring (bicyclic) bond motifs is 5. The van der Waals surface area contributed by atoms with Crippen LogP contribution in [0.2, 0.25) is 0 Å². The monoisotopic (exact) mass is 401 g/mol. The Morgan fingerprint density at radius 2 is 2.00 bits per heavy atom.